The molecule has 2 bridgehead atoms. The standard InChI is InChI=1S/C16H19F3O/c17-16(18,19)13-5-2-10(3-6-13)9-15(20)14-8-11-1-4-12(14)7-11/h2-3,5-6,11-12,14-15,20H,1,4,7-9H2. The molecule has 2 aliphatic carbocycles. The summed E-state index contributed by atoms with van der Waals surface area (Å²) < 4.78 is 37.4. The molecule has 0 heterocycles. The Balaban J connectivity index is 1.63. The summed E-state index contributed by atoms with van der Waals surface area (Å²) in [6.45, 7) is 0. The summed E-state index contributed by atoms with van der Waals surface area (Å²) in [6, 6.07) is 5.17. The van der Waals surface area contributed by atoms with Crippen molar-refractivity contribution in [2.24, 2.45) is 17.8 Å². The second-order valence-electron chi connectivity index (χ2n) is 6.30. The molecule has 110 valence electrons. The Bertz CT molecular complexity index is 466. The minimum Gasteiger partial charge on any atom is -0.392 e. The number of hydrogen-bond donors (Lipinski definition) is 1. The van der Waals surface area contributed by atoms with E-state index in [1.54, 1.807) is 0 Å². The number of aliphatic hydroxyl groups is 1. The Morgan fingerprint density at radius 2 is 1.80 bits per heavy atom. The summed E-state index contributed by atoms with van der Waals surface area (Å²) in [5, 5.41) is 10.3. The van der Waals surface area contributed by atoms with E-state index >= 15 is 0 Å². The Kier molecular flexibility index (Phi) is 3.53. The molecule has 0 spiro atoms. The summed E-state index contributed by atoms with van der Waals surface area (Å²) in [4.78, 5) is 0. The van der Waals surface area contributed by atoms with Crippen LogP contribution in [0.1, 0.15) is 36.8 Å². The van der Waals surface area contributed by atoms with E-state index in [0.29, 0.717) is 18.3 Å². The molecule has 2 fully saturated rings. The Labute approximate surface area is 116 Å². The molecule has 1 aromatic rings. The van der Waals surface area contributed by atoms with Crippen molar-refractivity contribution in [1.82, 2.24) is 0 Å². The minimum atomic E-state index is -4.29. The van der Waals surface area contributed by atoms with Crippen LogP contribution in [0.5, 0.6) is 0 Å². The molecule has 1 aromatic carbocycles. The van der Waals surface area contributed by atoms with Crippen molar-refractivity contribution in [3.05, 3.63) is 35.4 Å². The van der Waals surface area contributed by atoms with Gasteiger partial charge < -0.3 is 5.11 Å². The average molecular weight is 284 g/mol. The molecule has 1 nitrogen and oxygen atoms in total. The number of aliphatic hydroxyl groups excluding tert-OH is 1. The third kappa shape index (κ3) is 2.71. The van der Waals surface area contributed by atoms with Gasteiger partial charge in [0, 0.05) is 0 Å². The van der Waals surface area contributed by atoms with Gasteiger partial charge in [0.15, 0.2) is 0 Å². The minimum absolute atomic E-state index is 0.344. The van der Waals surface area contributed by atoms with Crippen LogP contribution in [0.15, 0.2) is 24.3 Å². The highest BCUT2D eigenvalue weighted by molar-refractivity contribution is 5.25. The van der Waals surface area contributed by atoms with E-state index < -0.39 is 17.8 Å². The number of fused-ring (bicyclic) bond motifs is 2. The van der Waals surface area contributed by atoms with Gasteiger partial charge in [-0.3, -0.25) is 0 Å². The average Bonchev–Trinajstić information content (AvgIpc) is 3.00. The Hall–Kier alpha value is -1.03. The van der Waals surface area contributed by atoms with Gasteiger partial charge >= 0.3 is 6.18 Å². The molecular weight excluding hydrogens is 265 g/mol. The molecular formula is C16H19F3O. The van der Waals surface area contributed by atoms with E-state index in [-0.39, 0.29) is 0 Å². The normalized spacial score (nSPS) is 30.7. The van der Waals surface area contributed by atoms with Crippen LogP contribution in [0, 0.1) is 17.8 Å². The molecule has 4 atom stereocenters. The molecule has 0 aliphatic heterocycles. The number of benzene rings is 1. The highest BCUT2D eigenvalue weighted by Gasteiger charge is 2.42. The zero-order chi connectivity index (χ0) is 14.3. The van der Waals surface area contributed by atoms with E-state index in [1.165, 1.54) is 31.4 Å². The molecule has 0 amide bonds. The van der Waals surface area contributed by atoms with Gasteiger partial charge in [0.05, 0.1) is 11.7 Å². The zero-order valence-electron chi connectivity index (χ0n) is 11.2. The van der Waals surface area contributed by atoms with Crippen molar-refractivity contribution in [2.75, 3.05) is 0 Å². The number of hydrogen-bond acceptors (Lipinski definition) is 1. The topological polar surface area (TPSA) is 20.2 Å². The zero-order valence-corrected chi connectivity index (χ0v) is 11.2. The van der Waals surface area contributed by atoms with Crippen molar-refractivity contribution in [3.63, 3.8) is 0 Å². The van der Waals surface area contributed by atoms with Crippen molar-refractivity contribution in [3.8, 4) is 0 Å². The molecule has 20 heavy (non-hydrogen) atoms. The van der Waals surface area contributed by atoms with Gasteiger partial charge in [-0.2, -0.15) is 13.2 Å². The van der Waals surface area contributed by atoms with Crippen LogP contribution in [0.25, 0.3) is 0 Å². The summed E-state index contributed by atoms with van der Waals surface area (Å²) in [5.41, 5.74) is 0.156. The molecule has 4 unspecified atom stereocenters. The lowest BCUT2D eigenvalue weighted by molar-refractivity contribution is -0.137. The lowest BCUT2D eigenvalue weighted by Gasteiger charge is -2.26. The first kappa shape index (κ1) is 13.9. The van der Waals surface area contributed by atoms with Crippen molar-refractivity contribution in [2.45, 2.75) is 44.4 Å². The third-order valence-corrected chi connectivity index (χ3v) is 5.01. The van der Waals surface area contributed by atoms with Gasteiger partial charge in [0.1, 0.15) is 0 Å². The smallest absolute Gasteiger partial charge is 0.392 e. The first-order valence-electron chi connectivity index (χ1n) is 7.27. The van der Waals surface area contributed by atoms with Crippen LogP contribution in [-0.2, 0) is 12.6 Å². The van der Waals surface area contributed by atoms with Gasteiger partial charge in [-0.05, 0) is 61.1 Å². The third-order valence-electron chi connectivity index (χ3n) is 5.01. The monoisotopic (exact) mass is 284 g/mol. The highest BCUT2D eigenvalue weighted by atomic mass is 19.4. The van der Waals surface area contributed by atoms with Crippen molar-refractivity contribution >= 4 is 0 Å². The van der Waals surface area contributed by atoms with Crippen LogP contribution in [0.2, 0.25) is 0 Å². The molecule has 2 aliphatic rings. The van der Waals surface area contributed by atoms with Gasteiger partial charge in [-0.15, -0.1) is 0 Å². The van der Waals surface area contributed by atoms with Crippen LogP contribution in [0.3, 0.4) is 0 Å². The molecule has 0 aromatic heterocycles. The number of alkyl halides is 3. The lowest BCUT2D eigenvalue weighted by atomic mass is 9.82. The van der Waals surface area contributed by atoms with E-state index in [2.05, 4.69) is 0 Å². The van der Waals surface area contributed by atoms with E-state index in [4.69, 9.17) is 0 Å². The summed E-state index contributed by atoms with van der Waals surface area (Å²) in [7, 11) is 0. The molecule has 1 N–H and O–H groups in total. The summed E-state index contributed by atoms with van der Waals surface area (Å²) >= 11 is 0. The fourth-order valence-electron chi connectivity index (χ4n) is 3.99. The second kappa shape index (κ2) is 5.06. The number of rotatable bonds is 3. The van der Waals surface area contributed by atoms with Crippen molar-refractivity contribution < 1.29 is 18.3 Å². The van der Waals surface area contributed by atoms with E-state index in [1.807, 2.05) is 0 Å². The van der Waals surface area contributed by atoms with Crippen molar-refractivity contribution in [1.29, 1.82) is 0 Å². The summed E-state index contributed by atoms with van der Waals surface area (Å²) in [5.74, 6) is 1.74. The summed E-state index contributed by atoms with van der Waals surface area (Å²) in [6.07, 6.45) is 0.574. The van der Waals surface area contributed by atoms with Crippen LogP contribution in [-0.4, -0.2) is 11.2 Å². The quantitative estimate of drug-likeness (QED) is 0.888. The van der Waals surface area contributed by atoms with Gasteiger partial charge in [0.2, 0.25) is 0 Å². The van der Waals surface area contributed by atoms with Crippen LogP contribution in [0.4, 0.5) is 13.2 Å². The van der Waals surface area contributed by atoms with E-state index in [9.17, 15) is 18.3 Å². The molecule has 2 saturated carbocycles. The molecule has 0 radical (unpaired) electrons. The second-order valence-corrected chi connectivity index (χ2v) is 6.30. The SMILES string of the molecule is OC(Cc1ccc(C(F)(F)F)cc1)C1CC2CCC1C2. The molecule has 4 heteroatoms. The van der Waals surface area contributed by atoms with Gasteiger partial charge in [-0.1, -0.05) is 18.6 Å². The molecule has 0 saturated heterocycles. The maximum absolute atomic E-state index is 12.5. The fraction of sp³-hybridized carbons (Fsp3) is 0.625. The Morgan fingerprint density at radius 3 is 2.30 bits per heavy atom. The van der Waals surface area contributed by atoms with Crippen LogP contribution < -0.4 is 0 Å². The predicted octanol–water partition coefficient (Wildman–Crippen LogP) is 4.05. The maximum Gasteiger partial charge on any atom is 0.416 e. The first-order chi connectivity index (χ1) is 9.43. The number of halogens is 3. The fourth-order valence-corrected chi connectivity index (χ4v) is 3.99. The molecule has 3 rings (SSSR count). The predicted molar refractivity (Wildman–Crippen MR) is 70.1 cm³/mol. The lowest BCUT2D eigenvalue weighted by Crippen LogP contribution is -2.27. The van der Waals surface area contributed by atoms with E-state index in [0.717, 1.165) is 30.0 Å². The Morgan fingerprint density at radius 1 is 1.10 bits per heavy atom. The maximum atomic E-state index is 12.5. The first-order valence-corrected chi connectivity index (χ1v) is 7.27. The van der Waals surface area contributed by atoms with Gasteiger partial charge in [-0.25, -0.2) is 0 Å². The largest absolute Gasteiger partial charge is 0.416 e. The van der Waals surface area contributed by atoms with Gasteiger partial charge in [0.25, 0.3) is 0 Å². The highest BCUT2D eigenvalue weighted by Crippen LogP contribution is 2.49. The van der Waals surface area contributed by atoms with Crippen LogP contribution >= 0.6 is 0 Å².